The molecule has 0 radical (unpaired) electrons. The molecule has 0 bridgehead atoms. The molecule has 0 atom stereocenters. The molecule has 0 aliphatic heterocycles. The quantitative estimate of drug-likeness (QED) is 0.446. The van der Waals surface area contributed by atoms with Crippen LogP contribution in [0.25, 0.3) is 0 Å². The van der Waals surface area contributed by atoms with Crippen molar-refractivity contribution in [2.24, 2.45) is 0 Å². The van der Waals surface area contributed by atoms with Crippen LogP contribution in [0.4, 0.5) is 15.8 Å². The number of rotatable bonds is 6. The third kappa shape index (κ3) is 5.97. The van der Waals surface area contributed by atoms with Gasteiger partial charge in [0.05, 0.1) is 22.0 Å². The van der Waals surface area contributed by atoms with E-state index >= 15 is 0 Å². The van der Waals surface area contributed by atoms with Gasteiger partial charge in [0.15, 0.2) is 0 Å². The van der Waals surface area contributed by atoms with E-state index in [1.807, 2.05) is 0 Å². The Labute approximate surface area is 181 Å². The maximum atomic E-state index is 13.7. The minimum atomic E-state index is -0.580. The number of hydrogen-bond donors (Lipinski definition) is 2. The van der Waals surface area contributed by atoms with Crippen molar-refractivity contribution in [1.82, 2.24) is 0 Å². The van der Waals surface area contributed by atoms with E-state index in [4.69, 9.17) is 23.2 Å². The summed E-state index contributed by atoms with van der Waals surface area (Å²) in [5.41, 5.74) is 0.997. The van der Waals surface area contributed by atoms with Gasteiger partial charge in [-0.25, -0.2) is 4.39 Å². The Morgan fingerprint density at radius 1 is 0.931 bits per heavy atom. The van der Waals surface area contributed by atoms with Crippen LogP contribution in [0.2, 0.25) is 10.0 Å². The summed E-state index contributed by atoms with van der Waals surface area (Å²) in [6.45, 7) is 0. The summed E-state index contributed by atoms with van der Waals surface area (Å²) in [5, 5.41) is 6.22. The fourth-order valence-corrected chi connectivity index (χ4v) is 3.56. The van der Waals surface area contributed by atoms with Gasteiger partial charge in [0.25, 0.3) is 5.91 Å². The highest BCUT2D eigenvalue weighted by Gasteiger charge is 2.11. The highest BCUT2D eigenvalue weighted by atomic mass is 35.5. The van der Waals surface area contributed by atoms with Gasteiger partial charge in [-0.15, -0.1) is 11.8 Å². The molecular formula is C21H15Cl2FN2O2S. The molecule has 29 heavy (non-hydrogen) atoms. The van der Waals surface area contributed by atoms with Crippen LogP contribution in [0.15, 0.2) is 71.6 Å². The largest absolute Gasteiger partial charge is 0.324 e. The van der Waals surface area contributed by atoms with Crippen LogP contribution < -0.4 is 10.6 Å². The first-order chi connectivity index (χ1) is 13.9. The zero-order valence-corrected chi connectivity index (χ0v) is 17.2. The highest BCUT2D eigenvalue weighted by Crippen LogP contribution is 2.26. The van der Waals surface area contributed by atoms with Crippen LogP contribution >= 0.6 is 35.0 Å². The number of benzene rings is 3. The number of thioether (sulfide) groups is 1. The molecule has 0 spiro atoms. The first-order valence-electron chi connectivity index (χ1n) is 8.46. The molecule has 2 N–H and O–H groups in total. The zero-order valence-electron chi connectivity index (χ0n) is 14.9. The van der Waals surface area contributed by atoms with Crippen molar-refractivity contribution < 1.29 is 14.0 Å². The molecule has 0 saturated heterocycles. The summed E-state index contributed by atoms with van der Waals surface area (Å²) in [6, 6.07) is 17.5. The standard InChI is InChI=1S/C21H15Cl2FN2O2S/c22-13-5-10-19(17(23)11-13)26-20(27)12-29-15-8-6-14(7-9-15)25-21(28)16-3-1-2-4-18(16)24/h1-11H,12H2,(H,25,28)(H,26,27). The molecule has 8 heteroatoms. The van der Waals surface area contributed by atoms with Crippen molar-refractivity contribution in [3.63, 3.8) is 0 Å². The maximum Gasteiger partial charge on any atom is 0.258 e. The highest BCUT2D eigenvalue weighted by molar-refractivity contribution is 8.00. The predicted octanol–water partition coefficient (Wildman–Crippen LogP) is 6.12. The van der Waals surface area contributed by atoms with Crippen LogP contribution in [0.5, 0.6) is 0 Å². The third-order valence-electron chi connectivity index (χ3n) is 3.81. The van der Waals surface area contributed by atoms with Gasteiger partial charge >= 0.3 is 0 Å². The van der Waals surface area contributed by atoms with E-state index in [0.717, 1.165) is 4.90 Å². The van der Waals surface area contributed by atoms with Crippen molar-refractivity contribution in [3.8, 4) is 0 Å². The molecule has 3 aromatic rings. The number of halogens is 3. The third-order valence-corrected chi connectivity index (χ3v) is 5.37. The van der Waals surface area contributed by atoms with Crippen molar-refractivity contribution in [2.75, 3.05) is 16.4 Å². The summed E-state index contributed by atoms with van der Waals surface area (Å²) < 4.78 is 13.7. The fourth-order valence-electron chi connectivity index (χ4n) is 2.40. The lowest BCUT2D eigenvalue weighted by Crippen LogP contribution is -2.14. The monoisotopic (exact) mass is 448 g/mol. The second-order valence-corrected chi connectivity index (χ2v) is 7.81. The van der Waals surface area contributed by atoms with Crippen LogP contribution in [-0.2, 0) is 4.79 Å². The Balaban J connectivity index is 1.53. The van der Waals surface area contributed by atoms with Gasteiger partial charge in [-0.3, -0.25) is 9.59 Å². The molecule has 0 unspecified atom stereocenters. The number of nitrogens with one attached hydrogen (secondary N) is 2. The fraction of sp³-hybridized carbons (Fsp3) is 0.0476. The van der Waals surface area contributed by atoms with E-state index in [9.17, 15) is 14.0 Å². The first-order valence-corrected chi connectivity index (χ1v) is 10.2. The number of anilines is 2. The van der Waals surface area contributed by atoms with E-state index < -0.39 is 11.7 Å². The predicted molar refractivity (Wildman–Crippen MR) is 117 cm³/mol. The maximum absolute atomic E-state index is 13.7. The van der Waals surface area contributed by atoms with E-state index in [-0.39, 0.29) is 17.2 Å². The van der Waals surface area contributed by atoms with Gasteiger partial charge in [0.1, 0.15) is 5.82 Å². The van der Waals surface area contributed by atoms with Crippen LogP contribution in [0.3, 0.4) is 0 Å². The van der Waals surface area contributed by atoms with Crippen molar-refractivity contribution in [1.29, 1.82) is 0 Å². The molecule has 0 aromatic heterocycles. The smallest absolute Gasteiger partial charge is 0.258 e. The first kappa shape index (κ1) is 21.2. The zero-order chi connectivity index (χ0) is 20.8. The van der Waals surface area contributed by atoms with Gasteiger partial charge in [-0.2, -0.15) is 0 Å². The lowest BCUT2D eigenvalue weighted by molar-refractivity contribution is -0.113. The van der Waals surface area contributed by atoms with Gasteiger partial charge in [0.2, 0.25) is 5.91 Å². The SMILES string of the molecule is O=C(CSc1ccc(NC(=O)c2ccccc2F)cc1)Nc1ccc(Cl)cc1Cl. The van der Waals surface area contributed by atoms with E-state index in [1.54, 1.807) is 48.5 Å². The molecule has 2 amide bonds. The van der Waals surface area contributed by atoms with Crippen LogP contribution in [0.1, 0.15) is 10.4 Å². The molecule has 3 rings (SSSR count). The summed E-state index contributed by atoms with van der Waals surface area (Å²) >= 11 is 13.2. The summed E-state index contributed by atoms with van der Waals surface area (Å²) in [5.74, 6) is -1.14. The Morgan fingerprint density at radius 3 is 2.34 bits per heavy atom. The lowest BCUT2D eigenvalue weighted by Gasteiger charge is -2.09. The van der Waals surface area contributed by atoms with Gasteiger partial charge in [0, 0.05) is 15.6 Å². The second-order valence-electron chi connectivity index (χ2n) is 5.92. The van der Waals surface area contributed by atoms with Gasteiger partial charge in [-0.05, 0) is 54.6 Å². The van der Waals surface area contributed by atoms with E-state index in [0.29, 0.717) is 21.4 Å². The normalized spacial score (nSPS) is 10.4. The second kappa shape index (κ2) is 9.78. The van der Waals surface area contributed by atoms with Gasteiger partial charge < -0.3 is 10.6 Å². The Hall–Kier alpha value is -2.54. The van der Waals surface area contributed by atoms with Crippen LogP contribution in [-0.4, -0.2) is 17.6 Å². The molecular weight excluding hydrogens is 434 g/mol. The molecule has 0 fully saturated rings. The molecule has 4 nitrogen and oxygen atoms in total. The molecule has 0 saturated carbocycles. The number of carbonyl (C=O) groups excluding carboxylic acids is 2. The van der Waals surface area contributed by atoms with Crippen molar-refractivity contribution in [3.05, 3.63) is 88.2 Å². The minimum absolute atomic E-state index is 0.0246. The van der Waals surface area contributed by atoms with E-state index in [2.05, 4.69) is 10.6 Å². The minimum Gasteiger partial charge on any atom is -0.324 e. The average molecular weight is 449 g/mol. The van der Waals surface area contributed by atoms with E-state index in [1.165, 1.54) is 30.0 Å². The number of carbonyl (C=O) groups is 2. The lowest BCUT2D eigenvalue weighted by atomic mass is 10.2. The van der Waals surface area contributed by atoms with Crippen molar-refractivity contribution in [2.45, 2.75) is 4.90 Å². The molecule has 0 heterocycles. The topological polar surface area (TPSA) is 58.2 Å². The Bertz CT molecular complexity index is 1050. The molecule has 0 aliphatic carbocycles. The van der Waals surface area contributed by atoms with Gasteiger partial charge in [-0.1, -0.05) is 35.3 Å². The van der Waals surface area contributed by atoms with Crippen LogP contribution in [0, 0.1) is 5.82 Å². The number of amides is 2. The molecule has 0 aliphatic rings. The Morgan fingerprint density at radius 2 is 1.66 bits per heavy atom. The average Bonchev–Trinajstić information content (AvgIpc) is 2.70. The summed E-state index contributed by atoms with van der Waals surface area (Å²) in [7, 11) is 0. The summed E-state index contributed by atoms with van der Waals surface area (Å²) in [6.07, 6.45) is 0. The molecule has 3 aromatic carbocycles. The summed E-state index contributed by atoms with van der Waals surface area (Å²) in [4.78, 5) is 25.1. The Kier molecular flexibility index (Phi) is 7.14. The molecule has 148 valence electrons. The van der Waals surface area contributed by atoms with Crippen molar-refractivity contribution >= 4 is 58.2 Å². The number of hydrogen-bond acceptors (Lipinski definition) is 3.